The van der Waals surface area contributed by atoms with Gasteiger partial charge in [0, 0.05) is 29.8 Å². The van der Waals surface area contributed by atoms with E-state index in [4.69, 9.17) is 0 Å². The highest BCUT2D eigenvalue weighted by molar-refractivity contribution is 6.04. The number of hydrogen-bond donors (Lipinski definition) is 1. The Labute approximate surface area is 143 Å². The number of fused-ring (bicyclic) bond motifs is 1. The number of nitrogens with one attached hydrogen (secondary N) is 1. The normalized spacial score (nSPS) is 10.8. The molecule has 4 aromatic rings. The lowest BCUT2D eigenvalue weighted by Gasteiger charge is -2.07. The van der Waals surface area contributed by atoms with Crippen LogP contribution >= 0.6 is 0 Å². The van der Waals surface area contributed by atoms with Gasteiger partial charge in [-0.05, 0) is 31.2 Å². The predicted octanol–water partition coefficient (Wildman–Crippen LogP) is 2.75. The van der Waals surface area contributed by atoms with Crippen molar-refractivity contribution in [1.29, 1.82) is 0 Å². The summed E-state index contributed by atoms with van der Waals surface area (Å²) in [5.41, 5.74) is 2.63. The molecule has 7 heteroatoms. The summed E-state index contributed by atoms with van der Waals surface area (Å²) in [5, 5.41) is 7.31. The van der Waals surface area contributed by atoms with E-state index in [2.05, 4.69) is 25.4 Å². The summed E-state index contributed by atoms with van der Waals surface area (Å²) < 4.78 is 1.57. The molecule has 1 N–H and O–H groups in total. The summed E-state index contributed by atoms with van der Waals surface area (Å²) >= 11 is 0. The maximum Gasteiger partial charge on any atom is 0.259 e. The quantitative estimate of drug-likeness (QED) is 0.624. The largest absolute Gasteiger partial charge is 0.322 e. The van der Waals surface area contributed by atoms with Crippen molar-refractivity contribution in [2.24, 2.45) is 0 Å². The van der Waals surface area contributed by atoms with Crippen LogP contribution in [0.25, 0.3) is 17.2 Å². The Morgan fingerprint density at radius 3 is 2.68 bits per heavy atom. The van der Waals surface area contributed by atoms with Gasteiger partial charge in [-0.2, -0.15) is 4.98 Å². The number of amides is 1. The van der Waals surface area contributed by atoms with Crippen LogP contribution in [0, 0.1) is 6.92 Å². The van der Waals surface area contributed by atoms with Crippen molar-refractivity contribution in [3.05, 3.63) is 72.3 Å². The van der Waals surface area contributed by atoms with Crippen LogP contribution in [-0.2, 0) is 0 Å². The fourth-order valence-corrected chi connectivity index (χ4v) is 2.50. The highest BCUT2D eigenvalue weighted by atomic mass is 16.1. The van der Waals surface area contributed by atoms with Gasteiger partial charge in [0.1, 0.15) is 0 Å². The summed E-state index contributed by atoms with van der Waals surface area (Å²) in [7, 11) is 0. The zero-order chi connectivity index (χ0) is 17.2. The van der Waals surface area contributed by atoms with E-state index in [0.717, 1.165) is 11.3 Å². The van der Waals surface area contributed by atoms with Crippen molar-refractivity contribution in [2.45, 2.75) is 6.92 Å². The fraction of sp³-hybridized carbons (Fsp3) is 0.0556. The second-order valence-electron chi connectivity index (χ2n) is 5.47. The number of anilines is 1. The molecular formula is C18H14N6O. The third-order valence-electron chi connectivity index (χ3n) is 3.80. The van der Waals surface area contributed by atoms with Crippen molar-refractivity contribution in [2.75, 3.05) is 5.32 Å². The number of carbonyl (C=O) groups excluding carboxylic acids is 1. The van der Waals surface area contributed by atoms with E-state index >= 15 is 0 Å². The fourth-order valence-electron chi connectivity index (χ4n) is 2.50. The first-order valence-electron chi connectivity index (χ1n) is 7.71. The van der Waals surface area contributed by atoms with E-state index in [1.807, 2.05) is 49.4 Å². The van der Waals surface area contributed by atoms with Gasteiger partial charge in [-0.3, -0.25) is 9.78 Å². The Morgan fingerprint density at radius 2 is 1.92 bits per heavy atom. The summed E-state index contributed by atoms with van der Waals surface area (Å²) in [5.74, 6) is 0.716. The van der Waals surface area contributed by atoms with Crippen LogP contribution in [-0.4, -0.2) is 30.5 Å². The first-order chi connectivity index (χ1) is 12.2. The Morgan fingerprint density at radius 1 is 1.08 bits per heavy atom. The number of benzene rings is 1. The van der Waals surface area contributed by atoms with Crippen molar-refractivity contribution in [1.82, 2.24) is 24.6 Å². The molecule has 3 aromatic heterocycles. The van der Waals surface area contributed by atoms with Crippen LogP contribution < -0.4 is 5.32 Å². The molecule has 7 nitrogen and oxygen atoms in total. The standard InChI is InChI=1S/C18H14N6O/c1-12-15(17(25)21-14-7-3-2-4-8-14)11-20-18-22-16(23-24(12)18)13-6-5-9-19-10-13/h2-11H,1H3,(H,21,25). The average molecular weight is 330 g/mol. The molecule has 0 aliphatic rings. The van der Waals surface area contributed by atoms with Crippen LogP contribution in [0.2, 0.25) is 0 Å². The number of pyridine rings is 1. The zero-order valence-electron chi connectivity index (χ0n) is 13.4. The number of carbonyl (C=O) groups is 1. The van der Waals surface area contributed by atoms with Crippen molar-refractivity contribution in [3.63, 3.8) is 0 Å². The lowest BCUT2D eigenvalue weighted by molar-refractivity contribution is 0.102. The van der Waals surface area contributed by atoms with Gasteiger partial charge in [0.15, 0.2) is 5.82 Å². The van der Waals surface area contributed by atoms with Gasteiger partial charge < -0.3 is 5.32 Å². The van der Waals surface area contributed by atoms with Crippen LogP contribution in [0.3, 0.4) is 0 Å². The second kappa shape index (κ2) is 6.12. The van der Waals surface area contributed by atoms with Crippen LogP contribution in [0.15, 0.2) is 61.1 Å². The van der Waals surface area contributed by atoms with Gasteiger partial charge >= 0.3 is 0 Å². The summed E-state index contributed by atoms with van der Waals surface area (Å²) in [6.07, 6.45) is 4.90. The van der Waals surface area contributed by atoms with Crippen LogP contribution in [0.4, 0.5) is 5.69 Å². The van der Waals surface area contributed by atoms with E-state index in [1.54, 1.807) is 16.9 Å². The number of para-hydroxylation sites is 1. The van der Waals surface area contributed by atoms with E-state index in [1.165, 1.54) is 6.20 Å². The lowest BCUT2D eigenvalue weighted by atomic mass is 10.2. The van der Waals surface area contributed by atoms with Crippen molar-refractivity contribution < 1.29 is 4.79 Å². The van der Waals surface area contributed by atoms with E-state index in [-0.39, 0.29) is 5.91 Å². The molecule has 0 unspecified atom stereocenters. The maximum absolute atomic E-state index is 12.5. The minimum atomic E-state index is -0.239. The van der Waals surface area contributed by atoms with Crippen LogP contribution in [0.5, 0.6) is 0 Å². The second-order valence-corrected chi connectivity index (χ2v) is 5.47. The van der Waals surface area contributed by atoms with Gasteiger partial charge in [-0.15, -0.1) is 5.10 Å². The molecule has 0 aliphatic heterocycles. The van der Waals surface area contributed by atoms with Gasteiger partial charge in [0.2, 0.25) is 0 Å². The minimum Gasteiger partial charge on any atom is -0.322 e. The first-order valence-corrected chi connectivity index (χ1v) is 7.71. The third kappa shape index (κ3) is 2.83. The molecule has 0 spiro atoms. The number of nitrogens with zero attached hydrogens (tertiary/aromatic N) is 5. The SMILES string of the molecule is Cc1c(C(=O)Nc2ccccc2)cnc2nc(-c3cccnc3)nn12. The highest BCUT2D eigenvalue weighted by Gasteiger charge is 2.16. The molecule has 3 heterocycles. The molecule has 0 saturated heterocycles. The van der Waals surface area contributed by atoms with Gasteiger partial charge in [-0.1, -0.05) is 18.2 Å². The average Bonchev–Trinajstić information content (AvgIpc) is 3.09. The zero-order valence-corrected chi connectivity index (χ0v) is 13.4. The number of aromatic nitrogens is 5. The first kappa shape index (κ1) is 14.9. The summed E-state index contributed by atoms with van der Waals surface area (Å²) in [6.45, 7) is 1.82. The van der Waals surface area contributed by atoms with E-state index in [0.29, 0.717) is 22.9 Å². The molecular weight excluding hydrogens is 316 g/mol. The Kier molecular flexibility index (Phi) is 3.66. The van der Waals surface area contributed by atoms with Crippen molar-refractivity contribution >= 4 is 17.4 Å². The van der Waals surface area contributed by atoms with Gasteiger partial charge in [0.05, 0.1) is 11.3 Å². The Hall–Kier alpha value is -3.61. The molecule has 0 aliphatic carbocycles. The molecule has 1 aromatic carbocycles. The third-order valence-corrected chi connectivity index (χ3v) is 3.80. The van der Waals surface area contributed by atoms with E-state index in [9.17, 15) is 4.79 Å². The molecule has 0 atom stereocenters. The van der Waals surface area contributed by atoms with Crippen molar-refractivity contribution in [3.8, 4) is 11.4 Å². The highest BCUT2D eigenvalue weighted by Crippen LogP contribution is 2.17. The summed E-state index contributed by atoms with van der Waals surface area (Å²) in [4.78, 5) is 25.3. The monoisotopic (exact) mass is 330 g/mol. The smallest absolute Gasteiger partial charge is 0.259 e. The summed E-state index contributed by atoms with van der Waals surface area (Å²) in [6, 6.07) is 13.0. The van der Waals surface area contributed by atoms with Gasteiger partial charge in [-0.25, -0.2) is 9.50 Å². The molecule has 1 amide bonds. The van der Waals surface area contributed by atoms with Gasteiger partial charge in [0.25, 0.3) is 11.7 Å². The maximum atomic E-state index is 12.5. The Balaban J connectivity index is 1.71. The Bertz CT molecular complexity index is 1040. The number of hydrogen-bond acceptors (Lipinski definition) is 5. The molecule has 0 radical (unpaired) electrons. The molecule has 25 heavy (non-hydrogen) atoms. The van der Waals surface area contributed by atoms with Crippen LogP contribution in [0.1, 0.15) is 16.1 Å². The molecule has 4 rings (SSSR count). The molecule has 0 saturated carbocycles. The number of aryl methyl sites for hydroxylation is 1. The molecule has 0 bridgehead atoms. The number of rotatable bonds is 3. The topological polar surface area (TPSA) is 85.1 Å². The molecule has 122 valence electrons. The predicted molar refractivity (Wildman–Crippen MR) is 93.1 cm³/mol. The molecule has 0 fully saturated rings. The van der Waals surface area contributed by atoms with E-state index < -0.39 is 0 Å². The minimum absolute atomic E-state index is 0.239. The lowest BCUT2D eigenvalue weighted by Crippen LogP contribution is -2.16.